The molecule has 0 radical (unpaired) electrons. The first-order valence-electron chi connectivity index (χ1n) is 4.26. The molecule has 1 fully saturated rings. The summed E-state index contributed by atoms with van der Waals surface area (Å²) in [4.78, 5) is 2.50. The van der Waals surface area contributed by atoms with Crippen molar-refractivity contribution >= 4 is 24.8 Å². The van der Waals surface area contributed by atoms with Crippen molar-refractivity contribution in [2.24, 2.45) is 0 Å². The van der Waals surface area contributed by atoms with Crippen molar-refractivity contribution in [2.75, 3.05) is 26.7 Å². The average Bonchev–Trinajstić information content (AvgIpc) is 2.05. The summed E-state index contributed by atoms with van der Waals surface area (Å²) in [5.41, 5.74) is 0. The second-order valence-corrected chi connectivity index (χ2v) is 3.02. The summed E-state index contributed by atoms with van der Waals surface area (Å²) in [5.74, 6) is 0. The first kappa shape index (κ1) is 15.0. The largest absolute Gasteiger partial charge is 0.316 e. The highest BCUT2D eigenvalue weighted by atomic mass is 35.5. The molecule has 1 N–H and O–H groups in total. The van der Waals surface area contributed by atoms with Gasteiger partial charge in [0.05, 0.1) is 0 Å². The van der Waals surface area contributed by atoms with Gasteiger partial charge in [0.25, 0.3) is 0 Å². The molecule has 1 atom stereocenters. The Kier molecular flexibility index (Phi) is 10.1. The van der Waals surface area contributed by atoms with Crippen LogP contribution < -0.4 is 5.32 Å². The van der Waals surface area contributed by atoms with Crippen molar-refractivity contribution in [3.8, 4) is 0 Å². The fourth-order valence-corrected chi connectivity index (χ4v) is 1.58. The molecule has 0 bridgehead atoms. The van der Waals surface area contributed by atoms with Gasteiger partial charge in [0, 0.05) is 12.6 Å². The first-order chi connectivity index (χ1) is 4.86. The Morgan fingerprint density at radius 2 is 2.08 bits per heavy atom. The first-order valence-corrected chi connectivity index (χ1v) is 4.26. The van der Waals surface area contributed by atoms with Gasteiger partial charge in [-0.25, -0.2) is 0 Å². The number of nitrogens with one attached hydrogen (secondary N) is 1. The van der Waals surface area contributed by atoms with E-state index in [1.807, 2.05) is 0 Å². The van der Waals surface area contributed by atoms with E-state index in [1.54, 1.807) is 0 Å². The van der Waals surface area contributed by atoms with E-state index in [0.29, 0.717) is 0 Å². The van der Waals surface area contributed by atoms with Crippen molar-refractivity contribution < 1.29 is 0 Å². The molecule has 0 aromatic rings. The number of piperidine rings is 1. The maximum absolute atomic E-state index is 3.33. The molecule has 12 heavy (non-hydrogen) atoms. The van der Waals surface area contributed by atoms with E-state index in [-0.39, 0.29) is 24.8 Å². The second kappa shape index (κ2) is 8.11. The summed E-state index contributed by atoms with van der Waals surface area (Å²) in [6.45, 7) is 5.98. The average molecular weight is 215 g/mol. The van der Waals surface area contributed by atoms with Crippen molar-refractivity contribution in [3.63, 3.8) is 0 Å². The standard InChI is InChI=1S/C8H18N2.2ClH/c1-3-10-6-4-5-8(7-10)9-2;;/h8-9H,3-7H2,1-2H3;2*1H. The minimum atomic E-state index is 0. The topological polar surface area (TPSA) is 15.3 Å². The molecular weight excluding hydrogens is 195 g/mol. The van der Waals surface area contributed by atoms with Crippen molar-refractivity contribution in [1.29, 1.82) is 0 Å². The summed E-state index contributed by atoms with van der Waals surface area (Å²) in [6, 6.07) is 0.744. The van der Waals surface area contributed by atoms with Crippen molar-refractivity contribution in [2.45, 2.75) is 25.8 Å². The number of hydrogen-bond acceptors (Lipinski definition) is 2. The third-order valence-electron chi connectivity index (χ3n) is 2.36. The second-order valence-electron chi connectivity index (χ2n) is 3.02. The highest BCUT2D eigenvalue weighted by molar-refractivity contribution is 5.85. The molecule has 1 saturated heterocycles. The predicted molar refractivity (Wildman–Crippen MR) is 58.7 cm³/mol. The van der Waals surface area contributed by atoms with Crippen LogP contribution in [0.3, 0.4) is 0 Å². The molecule has 76 valence electrons. The lowest BCUT2D eigenvalue weighted by Gasteiger charge is -2.31. The smallest absolute Gasteiger partial charge is 0.0192 e. The predicted octanol–water partition coefficient (Wildman–Crippen LogP) is 1.53. The molecule has 1 rings (SSSR count). The molecule has 0 saturated carbocycles. The molecule has 4 heteroatoms. The number of nitrogens with zero attached hydrogens (tertiary/aromatic N) is 1. The molecular formula is C8H20Cl2N2. The molecule has 0 amide bonds. The number of likely N-dealkylation sites (N-methyl/N-ethyl adjacent to an activating group) is 2. The molecule has 0 aromatic carbocycles. The number of hydrogen-bond donors (Lipinski definition) is 1. The van der Waals surface area contributed by atoms with Gasteiger partial charge >= 0.3 is 0 Å². The molecule has 1 aliphatic heterocycles. The zero-order valence-corrected chi connectivity index (χ0v) is 9.51. The molecule has 0 spiro atoms. The molecule has 1 unspecified atom stereocenters. The minimum Gasteiger partial charge on any atom is -0.316 e. The molecule has 1 heterocycles. The molecule has 1 aliphatic rings. The fraction of sp³-hybridized carbons (Fsp3) is 1.00. The third kappa shape index (κ3) is 4.51. The Bertz CT molecular complexity index is 91.1. The zero-order chi connectivity index (χ0) is 7.40. The van der Waals surface area contributed by atoms with Gasteiger partial charge in [-0.2, -0.15) is 0 Å². The molecule has 0 aromatic heterocycles. The zero-order valence-electron chi connectivity index (χ0n) is 7.88. The van der Waals surface area contributed by atoms with Crippen LogP contribution in [0.4, 0.5) is 0 Å². The van der Waals surface area contributed by atoms with Gasteiger partial charge in [-0.15, -0.1) is 24.8 Å². The fourth-order valence-electron chi connectivity index (χ4n) is 1.58. The molecule has 2 nitrogen and oxygen atoms in total. The lowest BCUT2D eigenvalue weighted by Crippen LogP contribution is -2.44. The Morgan fingerprint density at radius 3 is 2.58 bits per heavy atom. The maximum Gasteiger partial charge on any atom is 0.0192 e. The van der Waals surface area contributed by atoms with Crippen molar-refractivity contribution in [3.05, 3.63) is 0 Å². The Balaban J connectivity index is 0. The van der Waals surface area contributed by atoms with Crippen LogP contribution in [0.25, 0.3) is 0 Å². The van der Waals surface area contributed by atoms with E-state index in [0.717, 1.165) is 6.04 Å². The lowest BCUT2D eigenvalue weighted by molar-refractivity contribution is 0.204. The van der Waals surface area contributed by atoms with E-state index in [2.05, 4.69) is 24.2 Å². The van der Waals surface area contributed by atoms with Crippen LogP contribution in [0, 0.1) is 0 Å². The van der Waals surface area contributed by atoms with Gasteiger partial charge in [0.1, 0.15) is 0 Å². The molecule has 0 aliphatic carbocycles. The van der Waals surface area contributed by atoms with Crippen LogP contribution >= 0.6 is 24.8 Å². The van der Waals surface area contributed by atoms with Crippen LogP contribution in [0.2, 0.25) is 0 Å². The van der Waals surface area contributed by atoms with Gasteiger partial charge in [-0.3, -0.25) is 0 Å². The summed E-state index contributed by atoms with van der Waals surface area (Å²) in [6.07, 6.45) is 2.71. The van der Waals surface area contributed by atoms with Gasteiger partial charge in [-0.1, -0.05) is 6.92 Å². The van der Waals surface area contributed by atoms with Crippen LogP contribution in [-0.4, -0.2) is 37.6 Å². The normalized spacial score (nSPS) is 24.0. The van der Waals surface area contributed by atoms with Gasteiger partial charge in [-0.05, 0) is 33.0 Å². The minimum absolute atomic E-state index is 0. The number of halogens is 2. The Hall–Kier alpha value is 0.500. The Labute approximate surface area is 87.9 Å². The summed E-state index contributed by atoms with van der Waals surface area (Å²) >= 11 is 0. The quantitative estimate of drug-likeness (QED) is 0.751. The van der Waals surface area contributed by atoms with Crippen LogP contribution in [0.15, 0.2) is 0 Å². The van der Waals surface area contributed by atoms with E-state index < -0.39 is 0 Å². The maximum atomic E-state index is 3.33. The van der Waals surface area contributed by atoms with E-state index in [1.165, 1.54) is 32.5 Å². The van der Waals surface area contributed by atoms with Crippen molar-refractivity contribution in [1.82, 2.24) is 10.2 Å². The van der Waals surface area contributed by atoms with Gasteiger partial charge in [0.15, 0.2) is 0 Å². The van der Waals surface area contributed by atoms with Crippen LogP contribution in [0.1, 0.15) is 19.8 Å². The number of likely N-dealkylation sites (tertiary alicyclic amines) is 1. The summed E-state index contributed by atoms with van der Waals surface area (Å²) < 4.78 is 0. The van der Waals surface area contributed by atoms with E-state index in [9.17, 15) is 0 Å². The van der Waals surface area contributed by atoms with E-state index in [4.69, 9.17) is 0 Å². The SMILES string of the molecule is CCN1CCCC(NC)C1.Cl.Cl. The highest BCUT2D eigenvalue weighted by Gasteiger charge is 2.15. The number of rotatable bonds is 2. The van der Waals surface area contributed by atoms with E-state index >= 15 is 0 Å². The Morgan fingerprint density at radius 1 is 1.42 bits per heavy atom. The van der Waals surface area contributed by atoms with Crippen LogP contribution in [-0.2, 0) is 0 Å². The van der Waals surface area contributed by atoms with Gasteiger partial charge in [0.2, 0.25) is 0 Å². The lowest BCUT2D eigenvalue weighted by atomic mass is 10.1. The monoisotopic (exact) mass is 214 g/mol. The summed E-state index contributed by atoms with van der Waals surface area (Å²) in [5, 5.41) is 3.33. The van der Waals surface area contributed by atoms with Crippen LogP contribution in [0.5, 0.6) is 0 Å². The van der Waals surface area contributed by atoms with Gasteiger partial charge < -0.3 is 10.2 Å². The highest BCUT2D eigenvalue weighted by Crippen LogP contribution is 2.08. The third-order valence-corrected chi connectivity index (χ3v) is 2.36. The summed E-state index contributed by atoms with van der Waals surface area (Å²) in [7, 11) is 2.06.